The van der Waals surface area contributed by atoms with Crippen LogP contribution in [0.4, 0.5) is 0 Å². The standard InChI is InChI=1S/C15H10N2O2S/c1-11-8-13(14(10-16)17-2)9-15(20(11,18)19)12-6-4-3-5-7-12/h3-9H,1H3. The molecule has 5 heteroatoms. The molecule has 0 spiro atoms. The Morgan fingerprint density at radius 3 is 2.45 bits per heavy atom. The first-order valence-corrected chi connectivity index (χ1v) is 7.21. The Morgan fingerprint density at radius 1 is 1.25 bits per heavy atom. The smallest absolute Gasteiger partial charge is 0.226 e. The van der Waals surface area contributed by atoms with Gasteiger partial charge in [-0.2, -0.15) is 0 Å². The summed E-state index contributed by atoms with van der Waals surface area (Å²) in [5.41, 5.74) is 0.751. The molecule has 0 amide bonds. The number of hydrogen-bond donors (Lipinski definition) is 0. The fourth-order valence-electron chi connectivity index (χ4n) is 1.86. The largest absolute Gasteiger partial charge is 0.269 e. The van der Waals surface area contributed by atoms with Gasteiger partial charge in [-0.15, -0.1) is 0 Å². The maximum absolute atomic E-state index is 12.3. The number of nitriles is 1. The van der Waals surface area contributed by atoms with Crippen molar-refractivity contribution in [2.75, 3.05) is 0 Å². The molecule has 1 heterocycles. The average molecular weight is 282 g/mol. The van der Waals surface area contributed by atoms with Gasteiger partial charge in [0, 0.05) is 4.91 Å². The molecule has 0 unspecified atom stereocenters. The van der Waals surface area contributed by atoms with Crippen LogP contribution in [-0.2, 0) is 9.84 Å². The highest BCUT2D eigenvalue weighted by Crippen LogP contribution is 2.34. The van der Waals surface area contributed by atoms with Gasteiger partial charge in [0.25, 0.3) is 5.70 Å². The molecule has 4 nitrogen and oxygen atoms in total. The van der Waals surface area contributed by atoms with Crippen LogP contribution in [0.2, 0.25) is 0 Å². The Morgan fingerprint density at radius 2 is 1.90 bits per heavy atom. The van der Waals surface area contributed by atoms with Crippen molar-refractivity contribution in [2.45, 2.75) is 6.92 Å². The Labute approximate surface area is 117 Å². The third-order valence-corrected chi connectivity index (χ3v) is 4.81. The highest BCUT2D eigenvalue weighted by atomic mass is 32.2. The van der Waals surface area contributed by atoms with Gasteiger partial charge >= 0.3 is 0 Å². The van der Waals surface area contributed by atoms with Gasteiger partial charge < -0.3 is 0 Å². The Bertz CT molecular complexity index is 814. The summed E-state index contributed by atoms with van der Waals surface area (Å²) >= 11 is 0. The lowest BCUT2D eigenvalue weighted by atomic mass is 10.1. The molecule has 0 aromatic heterocycles. The van der Waals surface area contributed by atoms with Crippen molar-refractivity contribution in [1.29, 1.82) is 5.26 Å². The topological polar surface area (TPSA) is 62.3 Å². The molecule has 20 heavy (non-hydrogen) atoms. The van der Waals surface area contributed by atoms with Gasteiger partial charge in [0.2, 0.25) is 9.84 Å². The summed E-state index contributed by atoms with van der Waals surface area (Å²) in [5, 5.41) is 8.92. The first-order chi connectivity index (χ1) is 9.50. The zero-order valence-electron chi connectivity index (χ0n) is 10.7. The molecule has 0 radical (unpaired) electrons. The Balaban J connectivity index is 2.75. The van der Waals surface area contributed by atoms with Crippen LogP contribution in [-0.4, -0.2) is 8.42 Å². The summed E-state index contributed by atoms with van der Waals surface area (Å²) < 4.78 is 24.7. The third kappa shape index (κ3) is 2.27. The zero-order valence-corrected chi connectivity index (χ0v) is 11.5. The van der Waals surface area contributed by atoms with Crippen molar-refractivity contribution in [3.05, 3.63) is 75.6 Å². The van der Waals surface area contributed by atoms with E-state index < -0.39 is 9.84 Å². The molecular formula is C15H10N2O2S. The highest BCUT2D eigenvalue weighted by Gasteiger charge is 2.26. The number of sulfone groups is 1. The molecule has 0 saturated heterocycles. The molecule has 1 aromatic rings. The van der Waals surface area contributed by atoms with E-state index in [1.165, 1.54) is 19.1 Å². The molecule has 0 fully saturated rings. The number of benzene rings is 1. The molecule has 0 atom stereocenters. The van der Waals surface area contributed by atoms with Crippen LogP contribution in [0.25, 0.3) is 9.75 Å². The molecule has 2 rings (SSSR count). The first-order valence-electron chi connectivity index (χ1n) is 5.73. The Hall–Kier alpha value is -2.63. The van der Waals surface area contributed by atoms with Crippen LogP contribution >= 0.6 is 0 Å². The molecular weight excluding hydrogens is 272 g/mol. The first kappa shape index (κ1) is 13.8. The van der Waals surface area contributed by atoms with E-state index in [4.69, 9.17) is 11.8 Å². The summed E-state index contributed by atoms with van der Waals surface area (Å²) in [6.45, 7) is 8.43. The van der Waals surface area contributed by atoms with Crippen LogP contribution in [0, 0.1) is 17.9 Å². The molecule has 0 aliphatic carbocycles. The lowest BCUT2D eigenvalue weighted by Crippen LogP contribution is -2.09. The van der Waals surface area contributed by atoms with E-state index in [0.717, 1.165) is 0 Å². The van der Waals surface area contributed by atoms with Gasteiger partial charge in [-0.3, -0.25) is 0 Å². The van der Waals surface area contributed by atoms with Gasteiger partial charge in [0.15, 0.2) is 0 Å². The van der Waals surface area contributed by atoms with Gasteiger partial charge in [-0.1, -0.05) is 36.4 Å². The maximum atomic E-state index is 12.3. The van der Waals surface area contributed by atoms with Crippen molar-refractivity contribution < 1.29 is 8.42 Å². The van der Waals surface area contributed by atoms with Gasteiger partial charge in [0.1, 0.15) is 0 Å². The summed E-state index contributed by atoms with van der Waals surface area (Å²) in [6.07, 6.45) is 2.74. The van der Waals surface area contributed by atoms with Crippen molar-refractivity contribution in [3.63, 3.8) is 0 Å². The second-order valence-corrected chi connectivity index (χ2v) is 6.25. The lowest BCUT2D eigenvalue weighted by Gasteiger charge is -2.15. The normalized spacial score (nSPS) is 19.1. The summed E-state index contributed by atoms with van der Waals surface area (Å²) in [5.74, 6) is 0. The molecule has 1 aliphatic rings. The minimum atomic E-state index is -3.56. The van der Waals surface area contributed by atoms with E-state index in [9.17, 15) is 8.42 Å². The van der Waals surface area contributed by atoms with Crippen molar-refractivity contribution >= 4 is 14.7 Å². The summed E-state index contributed by atoms with van der Waals surface area (Å²) in [6, 6.07) is 10.4. The van der Waals surface area contributed by atoms with E-state index in [-0.39, 0.29) is 15.5 Å². The monoisotopic (exact) mass is 282 g/mol. The molecule has 0 N–H and O–H groups in total. The fourth-order valence-corrected chi connectivity index (χ4v) is 3.22. The number of hydrogen-bond acceptors (Lipinski definition) is 3. The minimum absolute atomic E-state index is 0.115. The molecule has 1 aliphatic heterocycles. The fraction of sp³-hybridized carbons (Fsp3) is 0.0667. The zero-order chi connectivity index (χ0) is 14.8. The second-order valence-electron chi connectivity index (χ2n) is 4.16. The lowest BCUT2D eigenvalue weighted by molar-refractivity contribution is 0.611. The maximum Gasteiger partial charge on any atom is 0.269 e. The SMILES string of the molecule is [C-]#[N+]C(C#N)=C1C=C(C)S(=O)(=O)C(c2ccccc2)=C1. The Kier molecular flexibility index (Phi) is 3.56. The number of allylic oxidation sites excluding steroid dienone is 5. The van der Waals surface area contributed by atoms with Crippen LogP contribution in [0.5, 0.6) is 0 Å². The van der Waals surface area contributed by atoms with Gasteiger partial charge in [-0.25, -0.2) is 18.5 Å². The van der Waals surface area contributed by atoms with Gasteiger partial charge in [-0.05, 0) is 24.1 Å². The third-order valence-electron chi connectivity index (χ3n) is 2.91. The molecule has 1 aromatic carbocycles. The van der Waals surface area contributed by atoms with E-state index in [1.54, 1.807) is 36.4 Å². The predicted octanol–water partition coefficient (Wildman–Crippen LogP) is 3.06. The quantitative estimate of drug-likeness (QED) is 0.587. The highest BCUT2D eigenvalue weighted by molar-refractivity contribution is 8.04. The molecule has 98 valence electrons. The number of nitrogens with zero attached hydrogens (tertiary/aromatic N) is 2. The van der Waals surface area contributed by atoms with Crippen LogP contribution in [0.1, 0.15) is 12.5 Å². The van der Waals surface area contributed by atoms with Crippen LogP contribution in [0.15, 0.2) is 58.7 Å². The number of rotatable bonds is 1. The predicted molar refractivity (Wildman–Crippen MR) is 76.3 cm³/mol. The average Bonchev–Trinajstić information content (AvgIpc) is 2.45. The van der Waals surface area contributed by atoms with Crippen LogP contribution < -0.4 is 0 Å². The van der Waals surface area contributed by atoms with Crippen LogP contribution in [0.3, 0.4) is 0 Å². The van der Waals surface area contributed by atoms with Crippen molar-refractivity contribution in [2.24, 2.45) is 0 Å². The molecule has 0 bridgehead atoms. The van der Waals surface area contributed by atoms with E-state index in [0.29, 0.717) is 11.1 Å². The molecule has 0 saturated carbocycles. The second kappa shape index (κ2) is 5.16. The van der Waals surface area contributed by atoms with Crippen molar-refractivity contribution in [1.82, 2.24) is 0 Å². The van der Waals surface area contributed by atoms with Gasteiger partial charge in [0.05, 0.1) is 17.5 Å². The summed E-state index contributed by atoms with van der Waals surface area (Å²) in [4.78, 5) is 3.37. The summed E-state index contributed by atoms with van der Waals surface area (Å²) in [7, 11) is -3.56. The minimum Gasteiger partial charge on any atom is -0.226 e. The van der Waals surface area contributed by atoms with E-state index in [1.807, 2.05) is 0 Å². The van der Waals surface area contributed by atoms with E-state index >= 15 is 0 Å². The van der Waals surface area contributed by atoms with E-state index in [2.05, 4.69) is 4.85 Å². The van der Waals surface area contributed by atoms with Crippen molar-refractivity contribution in [3.8, 4) is 6.07 Å².